The van der Waals surface area contributed by atoms with Crippen LogP contribution >= 0.6 is 0 Å². The molecule has 1 aliphatic rings. The normalized spacial score (nSPS) is 25.7. The predicted octanol–water partition coefficient (Wildman–Crippen LogP) is -0.604. The van der Waals surface area contributed by atoms with Crippen molar-refractivity contribution in [2.45, 2.75) is 30.5 Å². The molecule has 0 amide bonds. The van der Waals surface area contributed by atoms with Crippen molar-refractivity contribution in [2.24, 2.45) is 5.73 Å². The number of nitrogens with two attached hydrogens (primary N) is 1. The summed E-state index contributed by atoms with van der Waals surface area (Å²) in [5.74, 6) is -0.203. The minimum atomic E-state index is -3.84. The van der Waals surface area contributed by atoms with Crippen molar-refractivity contribution in [2.75, 3.05) is 11.5 Å². The minimum absolute atomic E-state index is 0.00837. The highest BCUT2D eigenvalue weighted by atomic mass is 32.2. The number of pyridine rings is 1. The van der Waals surface area contributed by atoms with Gasteiger partial charge in [-0.2, -0.15) is 0 Å². The fraction of sp³-hybridized carbons (Fsp3) is 0.545. The molecule has 1 unspecified atom stereocenters. The van der Waals surface area contributed by atoms with Crippen LogP contribution in [-0.4, -0.2) is 38.9 Å². The van der Waals surface area contributed by atoms with Crippen LogP contribution in [0.4, 0.5) is 0 Å². The van der Waals surface area contributed by atoms with Gasteiger partial charge < -0.3 is 5.73 Å². The first kappa shape index (κ1) is 15.4. The van der Waals surface area contributed by atoms with Gasteiger partial charge in [0.05, 0.1) is 11.5 Å². The highest BCUT2D eigenvalue weighted by molar-refractivity contribution is 7.92. The summed E-state index contributed by atoms with van der Waals surface area (Å²) in [6.45, 7) is 1.86. The fourth-order valence-electron chi connectivity index (χ4n) is 2.16. The second-order valence-electron chi connectivity index (χ2n) is 5.22. The van der Waals surface area contributed by atoms with Crippen LogP contribution in [0.25, 0.3) is 0 Å². The Bertz CT molecular complexity index is 698. The van der Waals surface area contributed by atoms with Crippen LogP contribution in [0.2, 0.25) is 0 Å². The molecule has 0 bridgehead atoms. The predicted molar refractivity (Wildman–Crippen MR) is 74.1 cm³/mol. The number of nitrogens with one attached hydrogen (secondary N) is 1. The Labute approximate surface area is 118 Å². The monoisotopic (exact) mass is 319 g/mol. The van der Waals surface area contributed by atoms with Crippen LogP contribution in [0.3, 0.4) is 0 Å². The van der Waals surface area contributed by atoms with Crippen LogP contribution in [-0.2, 0) is 26.4 Å². The van der Waals surface area contributed by atoms with Crippen LogP contribution in [0.15, 0.2) is 23.4 Å². The molecule has 1 aliphatic heterocycles. The maximum Gasteiger partial charge on any atom is 0.258 e. The van der Waals surface area contributed by atoms with Gasteiger partial charge in [0.15, 0.2) is 14.9 Å². The first-order valence-electron chi connectivity index (χ1n) is 6.05. The Kier molecular flexibility index (Phi) is 3.89. The van der Waals surface area contributed by atoms with Gasteiger partial charge in [-0.05, 0) is 25.0 Å². The van der Waals surface area contributed by atoms with E-state index in [1.807, 2.05) is 0 Å². The van der Waals surface area contributed by atoms with E-state index in [1.54, 1.807) is 13.0 Å². The zero-order valence-electron chi connectivity index (χ0n) is 11.0. The lowest BCUT2D eigenvalue weighted by atomic mass is 10.0. The zero-order valence-corrected chi connectivity index (χ0v) is 12.7. The van der Waals surface area contributed by atoms with Gasteiger partial charge in [-0.25, -0.2) is 26.5 Å². The summed E-state index contributed by atoms with van der Waals surface area (Å²) in [7, 11) is -7.03. The lowest BCUT2D eigenvalue weighted by Crippen LogP contribution is -2.46. The molecule has 0 radical (unpaired) electrons. The zero-order chi connectivity index (χ0) is 15.0. The van der Waals surface area contributed by atoms with E-state index in [-0.39, 0.29) is 29.5 Å². The summed E-state index contributed by atoms with van der Waals surface area (Å²) in [5.41, 5.74) is 5.16. The molecular formula is C11H17N3O4S2. The molecule has 1 atom stereocenters. The van der Waals surface area contributed by atoms with E-state index in [1.165, 1.54) is 12.3 Å². The molecule has 1 aromatic heterocycles. The maximum absolute atomic E-state index is 12.2. The summed E-state index contributed by atoms with van der Waals surface area (Å²) < 4.78 is 49.8. The third kappa shape index (κ3) is 3.35. The quantitative estimate of drug-likeness (QED) is 0.764. The van der Waals surface area contributed by atoms with Crippen molar-refractivity contribution in [3.05, 3.63) is 23.9 Å². The molecule has 20 heavy (non-hydrogen) atoms. The Morgan fingerprint density at radius 1 is 1.45 bits per heavy atom. The Hall–Kier alpha value is -1.03. The first-order valence-corrected chi connectivity index (χ1v) is 9.36. The molecule has 0 spiro atoms. The van der Waals surface area contributed by atoms with Gasteiger partial charge in [-0.15, -0.1) is 0 Å². The van der Waals surface area contributed by atoms with Crippen LogP contribution < -0.4 is 10.5 Å². The molecule has 2 rings (SSSR count). The average Bonchev–Trinajstić information content (AvgIpc) is 2.62. The molecule has 1 fully saturated rings. The van der Waals surface area contributed by atoms with Gasteiger partial charge in [0.25, 0.3) is 10.0 Å². The van der Waals surface area contributed by atoms with Gasteiger partial charge >= 0.3 is 0 Å². The van der Waals surface area contributed by atoms with Crippen molar-refractivity contribution >= 4 is 19.9 Å². The Morgan fingerprint density at radius 3 is 2.60 bits per heavy atom. The van der Waals surface area contributed by atoms with E-state index in [2.05, 4.69) is 9.71 Å². The summed E-state index contributed by atoms with van der Waals surface area (Å²) in [4.78, 5) is 3.85. The molecule has 9 heteroatoms. The minimum Gasteiger partial charge on any atom is -0.326 e. The molecule has 1 saturated heterocycles. The van der Waals surface area contributed by atoms with Crippen molar-refractivity contribution in [3.8, 4) is 0 Å². The molecule has 112 valence electrons. The van der Waals surface area contributed by atoms with Gasteiger partial charge in [-0.3, -0.25) is 0 Å². The summed E-state index contributed by atoms with van der Waals surface area (Å²) in [6, 6.07) is 2.94. The third-order valence-electron chi connectivity index (χ3n) is 3.19. The molecule has 2 heterocycles. The average molecular weight is 319 g/mol. The van der Waals surface area contributed by atoms with Gasteiger partial charge in [0.1, 0.15) is 0 Å². The number of nitrogens with zero attached hydrogens (tertiary/aromatic N) is 1. The fourth-order valence-corrected chi connectivity index (χ4v) is 5.71. The highest BCUT2D eigenvalue weighted by Gasteiger charge is 2.41. The highest BCUT2D eigenvalue weighted by Crippen LogP contribution is 2.24. The van der Waals surface area contributed by atoms with E-state index >= 15 is 0 Å². The summed E-state index contributed by atoms with van der Waals surface area (Å²) in [5, 5.41) is -0.139. The molecular weight excluding hydrogens is 302 g/mol. The number of hydrogen-bond acceptors (Lipinski definition) is 6. The number of sulfonamides is 1. The number of aromatic nitrogens is 1. The van der Waals surface area contributed by atoms with Gasteiger partial charge in [0, 0.05) is 18.3 Å². The van der Waals surface area contributed by atoms with E-state index in [0.29, 0.717) is 0 Å². The summed E-state index contributed by atoms with van der Waals surface area (Å²) >= 11 is 0. The lowest BCUT2D eigenvalue weighted by Gasteiger charge is -2.23. The lowest BCUT2D eigenvalue weighted by molar-refractivity contribution is 0.460. The van der Waals surface area contributed by atoms with Crippen molar-refractivity contribution < 1.29 is 16.8 Å². The molecule has 0 aliphatic carbocycles. The largest absolute Gasteiger partial charge is 0.326 e. The number of hydrogen-bond donors (Lipinski definition) is 2. The summed E-state index contributed by atoms with van der Waals surface area (Å²) in [6.07, 6.45) is 1.65. The van der Waals surface area contributed by atoms with E-state index < -0.39 is 25.4 Å². The number of sulfone groups is 1. The van der Waals surface area contributed by atoms with Crippen LogP contribution in [0, 0.1) is 0 Å². The second kappa shape index (κ2) is 5.06. The van der Waals surface area contributed by atoms with Gasteiger partial charge in [-0.1, -0.05) is 6.07 Å². The first-order chi connectivity index (χ1) is 9.16. The topological polar surface area (TPSA) is 119 Å². The van der Waals surface area contributed by atoms with Gasteiger partial charge in [0.2, 0.25) is 0 Å². The van der Waals surface area contributed by atoms with Crippen molar-refractivity contribution in [3.63, 3.8) is 0 Å². The number of rotatable bonds is 4. The van der Waals surface area contributed by atoms with E-state index in [0.717, 1.165) is 5.56 Å². The van der Waals surface area contributed by atoms with Crippen LogP contribution in [0.5, 0.6) is 0 Å². The van der Waals surface area contributed by atoms with E-state index in [9.17, 15) is 16.8 Å². The second-order valence-corrected chi connectivity index (χ2v) is 9.03. The Morgan fingerprint density at radius 2 is 2.15 bits per heavy atom. The standard InChI is InChI=1S/C11H17N3O4S2/c1-11(4-5-19(15,16)8-11)14-20(17,18)10-3-2-9(6-12)7-13-10/h2-3,7,14H,4-6,8,12H2,1H3. The van der Waals surface area contributed by atoms with Crippen LogP contribution in [0.1, 0.15) is 18.9 Å². The van der Waals surface area contributed by atoms with Crippen molar-refractivity contribution in [1.29, 1.82) is 0 Å². The SMILES string of the molecule is CC1(NS(=O)(=O)c2ccc(CN)cn2)CCS(=O)(=O)C1. The molecule has 0 saturated carbocycles. The third-order valence-corrected chi connectivity index (χ3v) is 6.65. The van der Waals surface area contributed by atoms with Crippen molar-refractivity contribution in [1.82, 2.24) is 9.71 Å². The smallest absolute Gasteiger partial charge is 0.258 e. The molecule has 7 nitrogen and oxygen atoms in total. The van der Waals surface area contributed by atoms with E-state index in [4.69, 9.17) is 5.73 Å². The molecule has 0 aromatic carbocycles. The molecule has 1 aromatic rings. The molecule has 3 N–H and O–H groups in total. The maximum atomic E-state index is 12.2. The Balaban J connectivity index is 2.23.